The van der Waals surface area contributed by atoms with Crippen LogP contribution >= 0.6 is 11.6 Å². The molecule has 3 aromatic rings. The summed E-state index contributed by atoms with van der Waals surface area (Å²) in [6.45, 7) is -0.435. The molecule has 0 saturated carbocycles. The lowest BCUT2D eigenvalue weighted by Gasteiger charge is -2.15. The molecule has 0 fully saturated rings. The number of carbonyl (C=O) groups excluding carboxylic acids is 1. The van der Waals surface area contributed by atoms with E-state index >= 15 is 0 Å². The first kappa shape index (κ1) is 24.1. The largest absolute Gasteiger partial charge is 0.435 e. The van der Waals surface area contributed by atoms with E-state index in [1.54, 1.807) is 0 Å². The van der Waals surface area contributed by atoms with Crippen LogP contribution in [-0.4, -0.2) is 22.1 Å². The molecule has 1 aromatic heterocycles. The van der Waals surface area contributed by atoms with E-state index in [0.717, 1.165) is 6.07 Å². The molecule has 0 radical (unpaired) electrons. The van der Waals surface area contributed by atoms with Crippen LogP contribution in [0.5, 0.6) is 0 Å². The maximum atomic E-state index is 13.2. The smallest absolute Gasteiger partial charge is 0.352 e. The Morgan fingerprint density at radius 3 is 2.27 bits per heavy atom. The summed E-state index contributed by atoms with van der Waals surface area (Å²) in [6.07, 6.45) is -9.36. The number of aliphatic imine (C=N–C) groups is 1. The van der Waals surface area contributed by atoms with Crippen molar-refractivity contribution in [3.05, 3.63) is 82.0 Å². The Morgan fingerprint density at radius 2 is 1.67 bits per heavy atom. The minimum atomic E-state index is -4.73. The fourth-order valence-corrected chi connectivity index (χ4v) is 2.78. The zero-order chi connectivity index (χ0) is 24.2. The van der Waals surface area contributed by atoms with Crippen LogP contribution in [0.4, 0.5) is 32.2 Å². The van der Waals surface area contributed by atoms with Gasteiger partial charge in [0.2, 0.25) is 5.96 Å². The van der Waals surface area contributed by atoms with E-state index in [1.165, 1.54) is 42.5 Å². The molecule has 0 aliphatic heterocycles. The van der Waals surface area contributed by atoms with Gasteiger partial charge < -0.3 is 10.6 Å². The number of rotatable bonds is 4. The summed E-state index contributed by atoms with van der Waals surface area (Å²) in [5.41, 5.74) is -2.23. The van der Waals surface area contributed by atoms with Crippen molar-refractivity contribution in [2.75, 3.05) is 5.32 Å². The van der Waals surface area contributed by atoms with E-state index < -0.39 is 42.0 Å². The van der Waals surface area contributed by atoms with Gasteiger partial charge in [-0.05, 0) is 35.9 Å². The number of hydrogen-bond donors (Lipinski definition) is 3. The summed E-state index contributed by atoms with van der Waals surface area (Å²) in [5, 5.41) is 10.5. The summed E-state index contributed by atoms with van der Waals surface area (Å²) >= 11 is 5.77. The van der Waals surface area contributed by atoms with Crippen molar-refractivity contribution in [3.63, 3.8) is 0 Å². The predicted octanol–water partition coefficient (Wildman–Crippen LogP) is 5.50. The third-order valence-corrected chi connectivity index (χ3v) is 4.45. The molecule has 0 saturated heterocycles. The predicted molar refractivity (Wildman–Crippen MR) is 109 cm³/mol. The molecule has 0 unspecified atom stereocenters. The number of carbonyl (C=O) groups is 1. The highest BCUT2D eigenvalue weighted by atomic mass is 35.5. The lowest BCUT2D eigenvalue weighted by atomic mass is 10.1. The third-order valence-electron chi connectivity index (χ3n) is 4.19. The molecule has 0 aliphatic carbocycles. The van der Waals surface area contributed by atoms with Gasteiger partial charge in [0.1, 0.15) is 5.82 Å². The first-order valence-electron chi connectivity index (χ1n) is 9.10. The fourth-order valence-electron chi connectivity index (χ4n) is 2.66. The number of halogens is 7. The summed E-state index contributed by atoms with van der Waals surface area (Å²) in [4.78, 5) is 16.2. The quantitative estimate of drug-likeness (QED) is 0.257. The van der Waals surface area contributed by atoms with Gasteiger partial charge in [-0.2, -0.15) is 36.4 Å². The summed E-state index contributed by atoms with van der Waals surface area (Å²) in [7, 11) is 0. The highest BCUT2D eigenvalue weighted by Crippen LogP contribution is 2.32. The first-order chi connectivity index (χ1) is 15.4. The van der Waals surface area contributed by atoms with Crippen molar-refractivity contribution >= 4 is 29.3 Å². The highest BCUT2D eigenvalue weighted by molar-refractivity contribution is 6.30. The van der Waals surface area contributed by atoms with E-state index in [0.29, 0.717) is 11.1 Å². The summed E-state index contributed by atoms with van der Waals surface area (Å²) < 4.78 is 78.1. The SMILES string of the molecule is O=C(/N=C(/NCc1ccccc1C(F)(F)F)Nc1cc(C(F)(F)F)n[nH]1)c1ccc(Cl)cc1. The fraction of sp³-hybridized carbons (Fsp3) is 0.150. The molecule has 0 aliphatic rings. The molecular weight excluding hydrogens is 476 g/mol. The maximum absolute atomic E-state index is 13.2. The number of nitrogens with one attached hydrogen (secondary N) is 3. The van der Waals surface area contributed by atoms with E-state index in [1.807, 2.05) is 0 Å². The Hall–Kier alpha value is -3.54. The van der Waals surface area contributed by atoms with Crippen LogP contribution < -0.4 is 10.6 Å². The number of nitrogens with zero attached hydrogens (tertiary/aromatic N) is 2. The molecule has 13 heteroatoms. The van der Waals surface area contributed by atoms with Crippen molar-refractivity contribution in [2.45, 2.75) is 18.9 Å². The van der Waals surface area contributed by atoms with Crippen LogP contribution in [0.2, 0.25) is 5.02 Å². The van der Waals surface area contributed by atoms with Crippen molar-refractivity contribution in [1.82, 2.24) is 15.5 Å². The van der Waals surface area contributed by atoms with E-state index in [9.17, 15) is 31.1 Å². The molecule has 0 atom stereocenters. The van der Waals surface area contributed by atoms with Gasteiger partial charge in [0.05, 0.1) is 5.56 Å². The highest BCUT2D eigenvalue weighted by Gasteiger charge is 2.34. The number of aromatic nitrogens is 2. The molecule has 0 bridgehead atoms. The van der Waals surface area contributed by atoms with Gasteiger partial charge in [0.15, 0.2) is 5.69 Å². The Labute approximate surface area is 187 Å². The zero-order valence-electron chi connectivity index (χ0n) is 16.4. The lowest BCUT2D eigenvalue weighted by molar-refractivity contribution is -0.141. The second kappa shape index (κ2) is 9.53. The van der Waals surface area contributed by atoms with Crippen molar-refractivity contribution < 1.29 is 31.1 Å². The molecule has 3 rings (SSSR count). The van der Waals surface area contributed by atoms with Crippen molar-refractivity contribution in [2.24, 2.45) is 4.99 Å². The molecule has 33 heavy (non-hydrogen) atoms. The standard InChI is InChI=1S/C20H14ClF6N5O/c21-13-7-5-11(6-8-13)17(33)30-18(29-16-9-15(31-32-16)20(25,26)27)28-10-12-3-1-2-4-14(12)19(22,23)24/h1-9H,10H2,(H3,28,29,30,31,32,33). The first-order valence-corrected chi connectivity index (χ1v) is 9.48. The summed E-state index contributed by atoms with van der Waals surface area (Å²) in [5.74, 6) is -1.51. The number of H-pyrrole nitrogens is 1. The average molecular weight is 490 g/mol. The molecule has 174 valence electrons. The van der Waals surface area contributed by atoms with Gasteiger partial charge in [-0.15, -0.1) is 0 Å². The third kappa shape index (κ3) is 6.48. The average Bonchev–Trinajstić information content (AvgIpc) is 3.21. The second-order valence-corrected chi connectivity index (χ2v) is 7.01. The van der Waals surface area contributed by atoms with Crippen molar-refractivity contribution in [1.29, 1.82) is 0 Å². The number of amides is 1. The molecule has 6 nitrogen and oxygen atoms in total. The monoisotopic (exact) mass is 489 g/mol. The Kier molecular flexibility index (Phi) is 6.96. The van der Waals surface area contributed by atoms with Crippen molar-refractivity contribution in [3.8, 4) is 0 Å². The van der Waals surface area contributed by atoms with Crippen LogP contribution in [0.25, 0.3) is 0 Å². The van der Waals surface area contributed by atoms with E-state index in [4.69, 9.17) is 11.6 Å². The number of hydrogen-bond acceptors (Lipinski definition) is 2. The number of guanidine groups is 1. The van der Waals surface area contributed by atoms with Gasteiger partial charge in [0, 0.05) is 23.2 Å². The number of benzene rings is 2. The molecule has 1 amide bonds. The van der Waals surface area contributed by atoms with E-state index in [2.05, 4.69) is 25.8 Å². The molecule has 1 heterocycles. The van der Waals surface area contributed by atoms with Crippen LogP contribution in [0.3, 0.4) is 0 Å². The minimum Gasteiger partial charge on any atom is -0.352 e. The lowest BCUT2D eigenvalue weighted by Crippen LogP contribution is -2.32. The number of alkyl halides is 6. The Morgan fingerprint density at radius 1 is 1.00 bits per heavy atom. The number of anilines is 1. The molecule has 3 N–H and O–H groups in total. The van der Waals surface area contributed by atoms with Crippen LogP contribution in [-0.2, 0) is 18.9 Å². The molecule has 2 aromatic carbocycles. The van der Waals surface area contributed by atoms with Gasteiger partial charge in [-0.1, -0.05) is 29.8 Å². The van der Waals surface area contributed by atoms with Gasteiger partial charge in [-0.3, -0.25) is 9.89 Å². The van der Waals surface area contributed by atoms with Crippen LogP contribution in [0, 0.1) is 0 Å². The normalized spacial score (nSPS) is 12.5. The summed E-state index contributed by atoms with van der Waals surface area (Å²) in [6, 6.07) is 10.9. The topological polar surface area (TPSA) is 82.2 Å². The Balaban J connectivity index is 1.88. The van der Waals surface area contributed by atoms with E-state index in [-0.39, 0.29) is 16.9 Å². The minimum absolute atomic E-state index is 0.0942. The zero-order valence-corrected chi connectivity index (χ0v) is 17.1. The molecular formula is C20H14ClF6N5O. The van der Waals surface area contributed by atoms with Crippen LogP contribution in [0.15, 0.2) is 59.6 Å². The van der Waals surface area contributed by atoms with Gasteiger partial charge in [0.25, 0.3) is 5.91 Å². The van der Waals surface area contributed by atoms with Gasteiger partial charge >= 0.3 is 12.4 Å². The van der Waals surface area contributed by atoms with Gasteiger partial charge in [-0.25, -0.2) is 0 Å². The second-order valence-electron chi connectivity index (χ2n) is 6.57. The maximum Gasteiger partial charge on any atom is 0.435 e. The Bertz CT molecular complexity index is 1150. The molecule has 0 spiro atoms. The number of aromatic amines is 1. The van der Waals surface area contributed by atoms with Crippen LogP contribution in [0.1, 0.15) is 27.2 Å².